The molecule has 3 aromatic rings. The molecule has 1 aromatic heterocycles. The first-order valence-electron chi connectivity index (χ1n) is 10.5. The maximum absolute atomic E-state index is 12.7. The Balaban J connectivity index is 1.31. The van der Waals surface area contributed by atoms with Crippen LogP contribution in [0, 0.1) is 5.92 Å². The van der Waals surface area contributed by atoms with Crippen LogP contribution in [0.2, 0.25) is 0 Å². The standard InChI is InChI=1S/C24H23F3N2O3/c1-15(21-14-18-4-2-3-5-20(18)32-21)28-22(30)16-10-12-29(13-11-16)23(31)17-6-8-19(9-7-17)24(25,26)27/h2-9,14-16H,10-13H2,1H3,(H,28,30). The fraction of sp³-hybridized carbons (Fsp3) is 0.333. The van der Waals surface area contributed by atoms with E-state index in [-0.39, 0.29) is 29.3 Å². The van der Waals surface area contributed by atoms with Gasteiger partial charge in [0.15, 0.2) is 0 Å². The summed E-state index contributed by atoms with van der Waals surface area (Å²) in [6.45, 7) is 2.60. The van der Waals surface area contributed by atoms with Crippen molar-refractivity contribution in [2.45, 2.75) is 32.0 Å². The predicted molar refractivity (Wildman–Crippen MR) is 113 cm³/mol. The summed E-state index contributed by atoms with van der Waals surface area (Å²) in [6, 6.07) is 13.4. The van der Waals surface area contributed by atoms with Gasteiger partial charge >= 0.3 is 6.18 Å². The van der Waals surface area contributed by atoms with Gasteiger partial charge in [-0.2, -0.15) is 13.2 Å². The molecular formula is C24H23F3N2O3. The van der Waals surface area contributed by atoms with E-state index in [0.717, 1.165) is 23.1 Å². The second kappa shape index (κ2) is 8.68. The molecule has 8 heteroatoms. The van der Waals surface area contributed by atoms with Gasteiger partial charge in [-0.05, 0) is 56.2 Å². The molecule has 0 bridgehead atoms. The predicted octanol–water partition coefficient (Wildman–Crippen LogP) is 5.18. The Labute approximate surface area is 183 Å². The fourth-order valence-corrected chi connectivity index (χ4v) is 3.95. The zero-order valence-electron chi connectivity index (χ0n) is 17.5. The van der Waals surface area contributed by atoms with Gasteiger partial charge in [0.1, 0.15) is 11.3 Å². The Kier molecular flexibility index (Phi) is 5.95. The number of nitrogens with one attached hydrogen (secondary N) is 1. The highest BCUT2D eigenvalue weighted by molar-refractivity contribution is 5.94. The van der Waals surface area contributed by atoms with Gasteiger partial charge in [0, 0.05) is 30.0 Å². The molecule has 0 aliphatic carbocycles. The van der Waals surface area contributed by atoms with Crippen LogP contribution in [0.5, 0.6) is 0 Å². The summed E-state index contributed by atoms with van der Waals surface area (Å²) >= 11 is 0. The molecule has 0 spiro atoms. The highest BCUT2D eigenvalue weighted by Gasteiger charge is 2.32. The van der Waals surface area contributed by atoms with E-state index < -0.39 is 11.7 Å². The largest absolute Gasteiger partial charge is 0.459 e. The number of rotatable bonds is 4. The van der Waals surface area contributed by atoms with E-state index >= 15 is 0 Å². The minimum absolute atomic E-state index is 0.0976. The number of piperidine rings is 1. The maximum Gasteiger partial charge on any atom is 0.416 e. The van der Waals surface area contributed by atoms with Crippen LogP contribution >= 0.6 is 0 Å². The Hall–Kier alpha value is -3.29. The average molecular weight is 444 g/mol. The molecule has 1 fully saturated rings. The number of alkyl halides is 3. The van der Waals surface area contributed by atoms with Crippen LogP contribution in [0.15, 0.2) is 59.0 Å². The second-order valence-electron chi connectivity index (χ2n) is 8.06. The molecule has 1 saturated heterocycles. The van der Waals surface area contributed by atoms with Crippen LogP contribution in [0.3, 0.4) is 0 Å². The number of fused-ring (bicyclic) bond motifs is 1. The van der Waals surface area contributed by atoms with Crippen LogP contribution in [-0.4, -0.2) is 29.8 Å². The van der Waals surface area contributed by atoms with E-state index in [1.807, 2.05) is 37.3 Å². The normalized spacial score (nSPS) is 16.2. The molecule has 0 radical (unpaired) electrons. The van der Waals surface area contributed by atoms with Gasteiger partial charge in [0.2, 0.25) is 5.91 Å². The third kappa shape index (κ3) is 4.64. The van der Waals surface area contributed by atoms with E-state index in [1.54, 1.807) is 4.90 Å². The summed E-state index contributed by atoms with van der Waals surface area (Å²) in [5.41, 5.74) is 0.182. The Morgan fingerprint density at radius 2 is 1.72 bits per heavy atom. The number of furan rings is 1. The second-order valence-corrected chi connectivity index (χ2v) is 8.06. The number of carbonyl (C=O) groups excluding carboxylic acids is 2. The molecule has 5 nitrogen and oxygen atoms in total. The quantitative estimate of drug-likeness (QED) is 0.603. The molecule has 2 heterocycles. The summed E-state index contributed by atoms with van der Waals surface area (Å²) in [5, 5.41) is 3.95. The van der Waals surface area contributed by atoms with E-state index in [0.29, 0.717) is 31.7 Å². The molecule has 2 aromatic carbocycles. The number of hydrogen-bond acceptors (Lipinski definition) is 3. The highest BCUT2D eigenvalue weighted by atomic mass is 19.4. The number of benzene rings is 2. The molecule has 0 saturated carbocycles. The van der Waals surface area contributed by atoms with Crippen molar-refractivity contribution in [2.75, 3.05) is 13.1 Å². The van der Waals surface area contributed by atoms with Crippen molar-refractivity contribution in [1.29, 1.82) is 0 Å². The molecule has 1 unspecified atom stereocenters. The van der Waals surface area contributed by atoms with E-state index in [2.05, 4.69) is 5.32 Å². The zero-order chi connectivity index (χ0) is 22.9. The number of nitrogens with zero attached hydrogens (tertiary/aromatic N) is 1. The lowest BCUT2D eigenvalue weighted by atomic mass is 9.95. The Morgan fingerprint density at radius 3 is 2.34 bits per heavy atom. The zero-order valence-corrected chi connectivity index (χ0v) is 17.5. The summed E-state index contributed by atoms with van der Waals surface area (Å²) < 4.78 is 43.9. The van der Waals surface area contributed by atoms with Gasteiger partial charge < -0.3 is 14.6 Å². The van der Waals surface area contributed by atoms with Gasteiger partial charge in [-0.1, -0.05) is 18.2 Å². The number of carbonyl (C=O) groups is 2. The number of hydrogen-bond donors (Lipinski definition) is 1. The lowest BCUT2D eigenvalue weighted by molar-refractivity contribution is -0.137. The summed E-state index contributed by atoms with van der Waals surface area (Å²) in [6.07, 6.45) is -3.46. The van der Waals surface area contributed by atoms with Crippen molar-refractivity contribution in [3.63, 3.8) is 0 Å². The van der Waals surface area contributed by atoms with Crippen LogP contribution in [0.4, 0.5) is 13.2 Å². The SMILES string of the molecule is CC(NC(=O)C1CCN(C(=O)c2ccc(C(F)(F)F)cc2)CC1)c1cc2ccccc2o1. The molecule has 32 heavy (non-hydrogen) atoms. The third-order valence-electron chi connectivity index (χ3n) is 5.84. The molecule has 168 valence electrons. The topological polar surface area (TPSA) is 62.6 Å². The van der Waals surface area contributed by atoms with E-state index in [1.165, 1.54) is 12.1 Å². The minimum atomic E-state index is -4.44. The Bertz CT molecular complexity index is 1080. The number of amides is 2. The molecule has 1 aliphatic heterocycles. The first-order valence-corrected chi connectivity index (χ1v) is 10.5. The van der Waals surface area contributed by atoms with Crippen molar-refractivity contribution in [3.8, 4) is 0 Å². The Morgan fingerprint density at radius 1 is 1.06 bits per heavy atom. The molecule has 4 rings (SSSR count). The molecule has 1 aliphatic rings. The number of halogens is 3. The van der Waals surface area contributed by atoms with Crippen molar-refractivity contribution >= 4 is 22.8 Å². The number of likely N-dealkylation sites (tertiary alicyclic amines) is 1. The van der Waals surface area contributed by atoms with Crippen molar-refractivity contribution < 1.29 is 27.2 Å². The lowest BCUT2D eigenvalue weighted by Crippen LogP contribution is -2.43. The van der Waals surface area contributed by atoms with Gasteiger partial charge in [0.25, 0.3) is 5.91 Å². The summed E-state index contributed by atoms with van der Waals surface area (Å²) in [5.74, 6) is 0.0146. The lowest BCUT2D eigenvalue weighted by Gasteiger charge is -2.32. The van der Waals surface area contributed by atoms with Crippen molar-refractivity contribution in [3.05, 3.63) is 71.5 Å². The maximum atomic E-state index is 12.7. The van der Waals surface area contributed by atoms with Crippen molar-refractivity contribution in [2.24, 2.45) is 5.92 Å². The van der Waals surface area contributed by atoms with E-state index in [4.69, 9.17) is 4.42 Å². The van der Waals surface area contributed by atoms with Gasteiger partial charge in [0.05, 0.1) is 11.6 Å². The van der Waals surface area contributed by atoms with Crippen LogP contribution in [-0.2, 0) is 11.0 Å². The molecule has 1 N–H and O–H groups in total. The van der Waals surface area contributed by atoms with Crippen LogP contribution in [0.1, 0.15) is 47.5 Å². The van der Waals surface area contributed by atoms with Gasteiger partial charge in [-0.25, -0.2) is 0 Å². The van der Waals surface area contributed by atoms with Crippen LogP contribution < -0.4 is 5.32 Å². The van der Waals surface area contributed by atoms with Crippen LogP contribution in [0.25, 0.3) is 11.0 Å². The third-order valence-corrected chi connectivity index (χ3v) is 5.84. The van der Waals surface area contributed by atoms with Gasteiger partial charge in [-0.3, -0.25) is 9.59 Å². The van der Waals surface area contributed by atoms with Crippen molar-refractivity contribution in [1.82, 2.24) is 10.2 Å². The van der Waals surface area contributed by atoms with Gasteiger partial charge in [-0.15, -0.1) is 0 Å². The highest BCUT2D eigenvalue weighted by Crippen LogP contribution is 2.30. The minimum Gasteiger partial charge on any atom is -0.459 e. The molecular weight excluding hydrogens is 421 g/mol. The molecule has 1 atom stereocenters. The number of para-hydroxylation sites is 1. The summed E-state index contributed by atoms with van der Waals surface area (Å²) in [4.78, 5) is 26.9. The first-order chi connectivity index (χ1) is 15.2. The van der Waals surface area contributed by atoms with E-state index in [9.17, 15) is 22.8 Å². The fourth-order valence-electron chi connectivity index (χ4n) is 3.95. The smallest absolute Gasteiger partial charge is 0.416 e. The monoisotopic (exact) mass is 444 g/mol. The average Bonchev–Trinajstić information content (AvgIpc) is 3.23. The first kappa shape index (κ1) is 21.9. The molecule has 2 amide bonds. The summed E-state index contributed by atoms with van der Waals surface area (Å²) in [7, 11) is 0.